The lowest BCUT2D eigenvalue weighted by Gasteiger charge is -2.18. The van der Waals surface area contributed by atoms with Crippen LogP contribution in [-0.2, 0) is 18.2 Å². The number of halogens is 4. The van der Waals surface area contributed by atoms with Gasteiger partial charge >= 0.3 is 6.18 Å². The number of benzene rings is 3. The van der Waals surface area contributed by atoms with Crippen LogP contribution in [-0.4, -0.2) is 9.97 Å². The number of ether oxygens (including phenoxy) is 1. The molecule has 1 heterocycles. The van der Waals surface area contributed by atoms with E-state index in [0.717, 1.165) is 22.7 Å². The number of imidazole rings is 1. The van der Waals surface area contributed by atoms with Crippen LogP contribution < -0.4 is 4.74 Å². The zero-order valence-electron chi connectivity index (χ0n) is 17.8. The van der Waals surface area contributed by atoms with Crippen LogP contribution in [0, 0.1) is 0 Å². The molecule has 0 radical (unpaired) electrons. The Morgan fingerprint density at radius 3 is 2.44 bits per heavy atom. The van der Waals surface area contributed by atoms with Crippen molar-refractivity contribution in [2.45, 2.75) is 39.0 Å². The van der Waals surface area contributed by atoms with Crippen LogP contribution in [0.1, 0.15) is 37.5 Å². The summed E-state index contributed by atoms with van der Waals surface area (Å²) in [4.78, 5) is 8.01. The minimum Gasteiger partial charge on any atom is -0.488 e. The molecule has 0 bridgehead atoms. The number of rotatable bonds is 4. The van der Waals surface area contributed by atoms with E-state index in [1.54, 1.807) is 18.2 Å². The SMILES string of the molecule is CC(C)(C)c1ccc2nc(-c3ccc(Br)c(OCc4ccccc4C(F)(F)F)c3)[nH]c2c1. The molecular formula is C25H22BrF3N2O. The summed E-state index contributed by atoms with van der Waals surface area (Å²) >= 11 is 3.42. The van der Waals surface area contributed by atoms with Gasteiger partial charge in [0.15, 0.2) is 0 Å². The molecule has 0 unspecified atom stereocenters. The number of nitrogens with one attached hydrogen (secondary N) is 1. The fraction of sp³-hybridized carbons (Fsp3) is 0.240. The van der Waals surface area contributed by atoms with Crippen LogP contribution >= 0.6 is 15.9 Å². The van der Waals surface area contributed by atoms with Crippen molar-refractivity contribution in [3.63, 3.8) is 0 Å². The van der Waals surface area contributed by atoms with E-state index in [1.807, 2.05) is 12.1 Å². The van der Waals surface area contributed by atoms with Gasteiger partial charge < -0.3 is 9.72 Å². The van der Waals surface area contributed by atoms with Gasteiger partial charge in [-0.2, -0.15) is 13.2 Å². The molecule has 0 aliphatic rings. The fourth-order valence-electron chi connectivity index (χ4n) is 3.45. The van der Waals surface area contributed by atoms with Crippen molar-refractivity contribution in [2.24, 2.45) is 0 Å². The average Bonchev–Trinajstić information content (AvgIpc) is 3.15. The largest absolute Gasteiger partial charge is 0.488 e. The normalized spacial score (nSPS) is 12.3. The summed E-state index contributed by atoms with van der Waals surface area (Å²) in [5.41, 5.74) is 3.15. The highest BCUT2D eigenvalue weighted by Crippen LogP contribution is 2.35. The van der Waals surface area contributed by atoms with E-state index in [4.69, 9.17) is 4.74 Å². The van der Waals surface area contributed by atoms with E-state index >= 15 is 0 Å². The van der Waals surface area contributed by atoms with Crippen molar-refractivity contribution in [3.05, 3.63) is 81.8 Å². The van der Waals surface area contributed by atoms with Crippen LogP contribution in [0.2, 0.25) is 0 Å². The van der Waals surface area contributed by atoms with Gasteiger partial charge in [-0.3, -0.25) is 0 Å². The molecule has 0 aliphatic heterocycles. The summed E-state index contributed by atoms with van der Waals surface area (Å²) in [5, 5.41) is 0. The topological polar surface area (TPSA) is 37.9 Å². The first kappa shape index (κ1) is 22.4. The Balaban J connectivity index is 1.63. The van der Waals surface area contributed by atoms with Gasteiger partial charge in [-0.1, -0.05) is 45.0 Å². The number of nitrogens with zero attached hydrogens (tertiary/aromatic N) is 1. The third-order valence-corrected chi connectivity index (χ3v) is 5.91. The standard InChI is InChI=1S/C25H22BrF3N2O/c1-24(2,3)17-9-11-20-21(13-17)31-23(30-20)15-8-10-19(26)22(12-15)32-14-16-6-4-5-7-18(16)25(27,28)29/h4-13H,14H2,1-3H3,(H,30,31). The van der Waals surface area contributed by atoms with Crippen molar-refractivity contribution >= 4 is 27.0 Å². The highest BCUT2D eigenvalue weighted by molar-refractivity contribution is 9.10. The Morgan fingerprint density at radius 2 is 1.72 bits per heavy atom. The molecule has 0 aliphatic carbocycles. The molecule has 3 aromatic carbocycles. The van der Waals surface area contributed by atoms with E-state index in [1.165, 1.54) is 17.7 Å². The summed E-state index contributed by atoms with van der Waals surface area (Å²) in [7, 11) is 0. The van der Waals surface area contributed by atoms with Gasteiger partial charge in [0.1, 0.15) is 18.2 Å². The number of alkyl halides is 3. The molecule has 1 N–H and O–H groups in total. The van der Waals surface area contributed by atoms with Gasteiger partial charge in [-0.25, -0.2) is 4.98 Å². The molecule has 0 saturated carbocycles. The molecule has 0 amide bonds. The molecule has 0 saturated heterocycles. The van der Waals surface area contributed by atoms with Crippen molar-refractivity contribution in [1.82, 2.24) is 9.97 Å². The highest BCUT2D eigenvalue weighted by Gasteiger charge is 2.33. The summed E-state index contributed by atoms with van der Waals surface area (Å²) in [5.74, 6) is 1.11. The molecule has 0 fully saturated rings. The van der Waals surface area contributed by atoms with Crippen molar-refractivity contribution in [1.29, 1.82) is 0 Å². The summed E-state index contributed by atoms with van der Waals surface area (Å²) in [6, 6.07) is 17.0. The van der Waals surface area contributed by atoms with E-state index in [9.17, 15) is 13.2 Å². The maximum absolute atomic E-state index is 13.3. The molecule has 32 heavy (non-hydrogen) atoms. The summed E-state index contributed by atoms with van der Waals surface area (Å²) in [6.07, 6.45) is -4.43. The molecular weight excluding hydrogens is 481 g/mol. The number of hydrogen-bond donors (Lipinski definition) is 1. The smallest absolute Gasteiger partial charge is 0.416 e. The molecule has 3 nitrogen and oxygen atoms in total. The first-order valence-corrected chi connectivity index (χ1v) is 10.9. The van der Waals surface area contributed by atoms with Gasteiger partial charge in [0.2, 0.25) is 0 Å². The second-order valence-corrected chi connectivity index (χ2v) is 9.51. The Kier molecular flexibility index (Phi) is 5.79. The molecule has 1 aromatic heterocycles. The van der Waals surface area contributed by atoms with Crippen molar-refractivity contribution in [2.75, 3.05) is 0 Å². The van der Waals surface area contributed by atoms with Gasteiger partial charge in [0.25, 0.3) is 0 Å². The average molecular weight is 503 g/mol. The maximum Gasteiger partial charge on any atom is 0.416 e. The maximum atomic E-state index is 13.3. The third kappa shape index (κ3) is 4.67. The van der Waals surface area contributed by atoms with Gasteiger partial charge in [-0.05, 0) is 63.3 Å². The van der Waals surface area contributed by atoms with Crippen LogP contribution in [0.3, 0.4) is 0 Å². The first-order valence-electron chi connectivity index (χ1n) is 10.1. The first-order chi connectivity index (χ1) is 15.0. The van der Waals surface area contributed by atoms with Crippen LogP contribution in [0.15, 0.2) is 65.1 Å². The number of aromatic nitrogens is 2. The van der Waals surface area contributed by atoms with Crippen molar-refractivity contribution in [3.8, 4) is 17.1 Å². The molecule has 0 atom stereocenters. The number of hydrogen-bond acceptors (Lipinski definition) is 2. The summed E-state index contributed by atoms with van der Waals surface area (Å²) < 4.78 is 46.2. The second-order valence-electron chi connectivity index (χ2n) is 8.66. The third-order valence-electron chi connectivity index (χ3n) is 5.26. The van der Waals surface area contributed by atoms with Gasteiger partial charge in [-0.15, -0.1) is 0 Å². The fourth-order valence-corrected chi connectivity index (χ4v) is 3.81. The quantitative estimate of drug-likeness (QED) is 0.308. The zero-order valence-corrected chi connectivity index (χ0v) is 19.4. The van der Waals surface area contributed by atoms with Crippen LogP contribution in [0.5, 0.6) is 5.75 Å². The number of fused-ring (bicyclic) bond motifs is 1. The lowest BCUT2D eigenvalue weighted by molar-refractivity contribution is -0.138. The molecule has 166 valence electrons. The Bertz CT molecular complexity index is 1270. The second kappa shape index (κ2) is 8.28. The van der Waals surface area contributed by atoms with E-state index in [0.29, 0.717) is 16.0 Å². The molecule has 7 heteroatoms. The molecule has 4 rings (SSSR count). The van der Waals surface area contributed by atoms with Gasteiger partial charge in [0, 0.05) is 11.1 Å². The predicted octanol–water partition coefficient (Wildman–Crippen LogP) is 7.89. The number of aromatic amines is 1. The highest BCUT2D eigenvalue weighted by atomic mass is 79.9. The minimum atomic E-state index is -4.43. The Morgan fingerprint density at radius 1 is 0.969 bits per heavy atom. The van der Waals surface area contributed by atoms with Gasteiger partial charge in [0.05, 0.1) is 21.1 Å². The zero-order chi connectivity index (χ0) is 23.1. The van der Waals surface area contributed by atoms with E-state index in [2.05, 4.69) is 58.8 Å². The monoisotopic (exact) mass is 502 g/mol. The van der Waals surface area contributed by atoms with E-state index < -0.39 is 11.7 Å². The Hall–Kier alpha value is -2.80. The van der Waals surface area contributed by atoms with Crippen LogP contribution in [0.25, 0.3) is 22.4 Å². The van der Waals surface area contributed by atoms with Crippen LogP contribution in [0.4, 0.5) is 13.2 Å². The predicted molar refractivity (Wildman–Crippen MR) is 124 cm³/mol. The van der Waals surface area contributed by atoms with E-state index in [-0.39, 0.29) is 17.6 Å². The minimum absolute atomic E-state index is 0.0186. The number of H-pyrrole nitrogens is 1. The lowest BCUT2D eigenvalue weighted by atomic mass is 9.87. The lowest BCUT2D eigenvalue weighted by Crippen LogP contribution is -2.10. The molecule has 0 spiro atoms. The summed E-state index contributed by atoms with van der Waals surface area (Å²) in [6.45, 7) is 6.26. The van der Waals surface area contributed by atoms with Crippen molar-refractivity contribution < 1.29 is 17.9 Å². The molecule has 4 aromatic rings. The Labute approximate surface area is 192 Å².